The fourth-order valence-corrected chi connectivity index (χ4v) is 11.7. The molecular formula is C75H114N24O22. The summed E-state index contributed by atoms with van der Waals surface area (Å²) in [7, 11) is 0. The van der Waals surface area contributed by atoms with E-state index in [0.29, 0.717) is 11.1 Å². The van der Waals surface area contributed by atoms with Crippen molar-refractivity contribution in [2.45, 2.75) is 210 Å². The zero-order chi connectivity index (χ0) is 90.9. The maximum absolute atomic E-state index is 14.7. The monoisotopic (exact) mass is 1700 g/mol. The molecule has 46 heteroatoms. The van der Waals surface area contributed by atoms with E-state index in [0.717, 1.165) is 0 Å². The summed E-state index contributed by atoms with van der Waals surface area (Å²) in [5.41, 5.74) is 34.0. The van der Waals surface area contributed by atoms with E-state index in [9.17, 15) is 101 Å². The number of primary amides is 4. The summed E-state index contributed by atoms with van der Waals surface area (Å²) >= 11 is 0. The van der Waals surface area contributed by atoms with Gasteiger partial charge in [-0.1, -0.05) is 102 Å². The van der Waals surface area contributed by atoms with E-state index in [-0.39, 0.29) is 81.4 Å². The van der Waals surface area contributed by atoms with Gasteiger partial charge in [0, 0.05) is 38.4 Å². The predicted molar refractivity (Wildman–Crippen MR) is 429 cm³/mol. The highest BCUT2D eigenvalue weighted by atomic mass is 16.4. The average molecular weight is 1700 g/mol. The Labute approximate surface area is 695 Å². The van der Waals surface area contributed by atoms with Crippen LogP contribution in [0.1, 0.15) is 123 Å². The molecule has 121 heavy (non-hydrogen) atoms. The summed E-state index contributed by atoms with van der Waals surface area (Å²) in [5.74, 6) is -22.9. The third kappa shape index (κ3) is 38.3. The number of amides is 18. The molecule has 1 aromatic heterocycles. The summed E-state index contributed by atoms with van der Waals surface area (Å²) in [6, 6.07) is -7.19. The van der Waals surface area contributed by atoms with E-state index in [1.165, 1.54) is 33.3 Å². The number of carbonyl (C=O) groups excluding carboxylic acids is 18. The van der Waals surface area contributed by atoms with Crippen molar-refractivity contribution >= 4 is 118 Å². The highest BCUT2D eigenvalue weighted by Gasteiger charge is 2.40. The molecule has 0 aliphatic rings. The molecular weight excluding hydrogens is 1590 g/mol. The molecule has 1 heterocycles. The fourth-order valence-electron chi connectivity index (χ4n) is 11.7. The van der Waals surface area contributed by atoms with Gasteiger partial charge in [0.05, 0.1) is 50.5 Å². The molecule has 0 aliphatic carbocycles. The molecule has 32 N–H and O–H groups in total. The minimum absolute atomic E-state index is 0.0207. The number of carbonyl (C=O) groups is 19. The summed E-state index contributed by atoms with van der Waals surface area (Å²) in [4.78, 5) is 263. The maximum Gasteiger partial charge on any atom is 0.322 e. The predicted octanol–water partition coefficient (Wildman–Crippen LogP) is -9.82. The summed E-state index contributed by atoms with van der Waals surface area (Å²) in [5, 5.41) is 73.3. The molecule has 0 fully saturated rings. The molecule has 3 aromatic rings. The number of nitrogens with two attached hydrogens (primary N) is 6. The van der Waals surface area contributed by atoms with Gasteiger partial charge >= 0.3 is 5.97 Å². The van der Waals surface area contributed by atoms with E-state index in [4.69, 9.17) is 44.9 Å². The number of hydrogen-bond donors (Lipinski definition) is 26. The number of guanidine groups is 1. The molecule has 14 atom stereocenters. The molecule has 0 radical (unpaired) electrons. The van der Waals surface area contributed by atoms with Gasteiger partial charge in [-0.15, -0.1) is 0 Å². The topological polar surface area (TPSA) is 774 Å². The number of aliphatic carboxylic acids is 1. The third-order valence-corrected chi connectivity index (χ3v) is 17.9. The van der Waals surface area contributed by atoms with Crippen LogP contribution in [0, 0.1) is 23.2 Å². The number of aliphatic hydroxyl groups is 2. The van der Waals surface area contributed by atoms with Crippen molar-refractivity contribution in [3.8, 4) is 0 Å². The Kier molecular flexibility index (Phi) is 43.7. The first-order chi connectivity index (χ1) is 56.9. The number of H-pyrrole nitrogens is 1. The Morgan fingerprint density at radius 1 is 0.405 bits per heavy atom. The second-order valence-electron chi connectivity index (χ2n) is 29.6. The van der Waals surface area contributed by atoms with Crippen molar-refractivity contribution in [3.05, 3.63) is 90.0 Å². The van der Waals surface area contributed by atoms with Gasteiger partial charge in [0.2, 0.25) is 106 Å². The van der Waals surface area contributed by atoms with Crippen molar-refractivity contribution in [2.24, 2.45) is 52.2 Å². The summed E-state index contributed by atoms with van der Waals surface area (Å²) < 4.78 is 0. The molecule has 2 aromatic carbocycles. The normalized spacial score (nSPS) is 14.5. The Morgan fingerprint density at radius 3 is 1.17 bits per heavy atom. The Morgan fingerprint density at radius 2 is 0.769 bits per heavy atom. The number of imidazole rings is 1. The van der Waals surface area contributed by atoms with Crippen molar-refractivity contribution in [1.29, 1.82) is 5.41 Å². The molecule has 666 valence electrons. The minimum Gasteiger partial charge on any atom is -0.480 e. The fraction of sp³-hybridized carbons (Fsp3) is 0.533. The van der Waals surface area contributed by atoms with E-state index >= 15 is 0 Å². The van der Waals surface area contributed by atoms with Crippen LogP contribution in [0.15, 0.2) is 73.2 Å². The molecule has 3 rings (SSSR count). The lowest BCUT2D eigenvalue weighted by Gasteiger charge is -2.29. The van der Waals surface area contributed by atoms with Gasteiger partial charge in [0.25, 0.3) is 0 Å². The first-order valence-electron chi connectivity index (χ1n) is 38.6. The van der Waals surface area contributed by atoms with Gasteiger partial charge in [-0.25, -0.2) is 4.98 Å². The lowest BCUT2D eigenvalue weighted by molar-refractivity contribution is -0.139. The van der Waals surface area contributed by atoms with E-state index < -0.39 is 248 Å². The van der Waals surface area contributed by atoms with Gasteiger partial charge in [-0.05, 0) is 67.9 Å². The van der Waals surface area contributed by atoms with Gasteiger partial charge < -0.3 is 134 Å². The largest absolute Gasteiger partial charge is 0.480 e. The number of carboxylic acids is 1. The zero-order valence-electron chi connectivity index (χ0n) is 68.1. The Balaban J connectivity index is 1.88. The number of benzene rings is 2. The second-order valence-corrected chi connectivity index (χ2v) is 29.6. The SMILES string of the molecule is CC(C)C[C@H](NC(=O)[C@H](CCCNC(=N)N)NC(=O)[C@@H](N)CCC(N)=O)C(=O)N[C@@H](C)C(=O)N[C@@H](CC(N)=O)C(=O)N[C@@H](Cc1ccccc1)C(=O)N[C@@H](CC(C)C)C(=O)N[C@H](C(=O)N[C@@H](Cc1c[nH]cn1)C(=O)N[C@@H](CO)C(=O)N[C@@H](CO)C(=O)N[C@@H](CC(N)=O)C(=O)N[C@@H](CC(N)=O)C(=O)N[C@@H](Cc1ccccc1)C(=O)NCC(=O)O)C(C)C. The number of aromatic nitrogens is 2. The number of carboxylic acid groups (broad SMARTS) is 1. The van der Waals surface area contributed by atoms with E-state index in [2.05, 4.69) is 89.7 Å². The van der Waals surface area contributed by atoms with Gasteiger partial charge in [0.15, 0.2) is 5.96 Å². The van der Waals surface area contributed by atoms with Crippen molar-refractivity contribution in [3.63, 3.8) is 0 Å². The molecule has 0 spiro atoms. The van der Waals surface area contributed by atoms with Crippen LogP contribution in [-0.4, -0.2) is 254 Å². The lowest BCUT2D eigenvalue weighted by Crippen LogP contribution is -2.62. The number of nitrogens with zero attached hydrogens (tertiary/aromatic N) is 1. The minimum atomic E-state index is -2.08. The van der Waals surface area contributed by atoms with Crippen LogP contribution in [0.25, 0.3) is 0 Å². The molecule has 0 aliphatic heterocycles. The number of rotatable bonds is 55. The van der Waals surface area contributed by atoms with Crippen LogP contribution in [0.3, 0.4) is 0 Å². The van der Waals surface area contributed by atoms with Crippen molar-refractivity contribution in [2.75, 3.05) is 26.3 Å². The van der Waals surface area contributed by atoms with Crippen LogP contribution in [0.4, 0.5) is 0 Å². The molecule has 46 nitrogen and oxygen atoms in total. The van der Waals surface area contributed by atoms with Gasteiger partial charge in [-0.3, -0.25) is 96.5 Å². The lowest BCUT2D eigenvalue weighted by atomic mass is 9.98. The Hall–Kier alpha value is -13.3. The first kappa shape index (κ1) is 102. The van der Waals surface area contributed by atoms with E-state index in [1.807, 2.05) is 0 Å². The van der Waals surface area contributed by atoms with Crippen LogP contribution < -0.4 is 114 Å². The molecule has 0 saturated carbocycles. The summed E-state index contributed by atoms with van der Waals surface area (Å²) in [6.45, 7) is 7.81. The van der Waals surface area contributed by atoms with Crippen molar-refractivity contribution < 1.29 is 106 Å². The van der Waals surface area contributed by atoms with Crippen LogP contribution in [0.2, 0.25) is 0 Å². The highest BCUT2D eigenvalue weighted by molar-refractivity contribution is 6.02. The maximum atomic E-state index is 14.7. The Bertz CT molecular complexity index is 4080. The second kappa shape index (κ2) is 51.8. The van der Waals surface area contributed by atoms with Crippen LogP contribution in [-0.2, 0) is 110 Å². The molecule has 0 unspecified atom stereocenters. The number of aromatic amines is 1. The number of nitrogens with one attached hydrogen (secondary N) is 17. The van der Waals surface area contributed by atoms with Crippen LogP contribution in [0.5, 0.6) is 0 Å². The molecule has 0 saturated heterocycles. The quantitative estimate of drug-likeness (QED) is 0.0142. The van der Waals surface area contributed by atoms with Gasteiger partial charge in [-0.2, -0.15) is 0 Å². The highest BCUT2D eigenvalue weighted by Crippen LogP contribution is 2.15. The number of hydrogen-bond acceptors (Lipinski definition) is 24. The van der Waals surface area contributed by atoms with Crippen LogP contribution >= 0.6 is 0 Å². The zero-order valence-corrected chi connectivity index (χ0v) is 68.1. The summed E-state index contributed by atoms with van der Waals surface area (Å²) in [6.07, 6.45) is -1.69. The molecule has 0 bridgehead atoms. The standard InChI is InChI=1S/C75H114N24O22/c1-36(2)23-45(90-64(111)44(19-14-22-84-75(81)82)88-62(109)43(76)20-21-55(77)102)65(112)87-39(7)61(108)89-50(28-56(78)103)68(115)93-48(26-41-17-12-9-13-18-41)66(113)91-46(24-37(3)4)71(118)99-60(38(5)6)74(121)96-49(27-42-31-83-35-86-42)67(114)97-54(34-101)73(120)98-53(33-100)72(119)95-52(30-58(80)105)70(117)94-51(29-57(79)104)69(116)92-47(63(110)85-32-59(106)107)25-40-15-10-8-11-16-40/h8-13,15-18,31,35-39,43-54,60,100-101H,14,19-30,32-34,76H2,1-7H3,(H2,77,102)(H2,78,103)(H2,79,104)(H2,80,105)(H,83,86)(H,85,110)(H,87,112)(H,88,109)(H,89,108)(H,90,111)(H,91,113)(H,92,116)(H,93,115)(H,94,117)(H,95,119)(H,96,121)(H,97,114)(H,98,120)(H,99,118)(H,106,107)(H4,81,82,84)/t39-,43-,44-,45-,46-,47-,48-,49-,50-,51-,52-,53-,54-,60-/m0/s1. The first-order valence-corrected chi connectivity index (χ1v) is 38.6. The third-order valence-electron chi connectivity index (χ3n) is 17.9. The van der Waals surface area contributed by atoms with E-state index in [1.54, 1.807) is 88.4 Å². The molecule has 18 amide bonds. The van der Waals surface area contributed by atoms with Gasteiger partial charge in [0.1, 0.15) is 85.1 Å². The van der Waals surface area contributed by atoms with Crippen molar-refractivity contribution in [1.82, 2.24) is 89.7 Å². The number of aliphatic hydroxyl groups excluding tert-OH is 2. The smallest absolute Gasteiger partial charge is 0.322 e. The average Bonchev–Trinajstić information content (AvgIpc) is 1.75.